The number of aromatic nitrogens is 2. The number of rotatable bonds is 14. The number of benzene rings is 2. The molecular formula is C27H30N4O5S. The van der Waals surface area contributed by atoms with Crippen LogP contribution in [0.15, 0.2) is 48.0 Å². The van der Waals surface area contributed by atoms with Crippen LogP contribution in [-0.2, 0) is 16.0 Å². The fraction of sp³-hybridized carbons (Fsp3) is 0.333. The Morgan fingerprint density at radius 2 is 1.81 bits per heavy atom. The molecule has 1 aromatic heterocycles. The van der Waals surface area contributed by atoms with Crippen molar-refractivity contribution in [1.29, 1.82) is 5.26 Å². The van der Waals surface area contributed by atoms with Gasteiger partial charge in [-0.2, -0.15) is 5.26 Å². The average molecular weight is 523 g/mol. The van der Waals surface area contributed by atoms with Crippen molar-refractivity contribution in [2.75, 3.05) is 38.9 Å². The van der Waals surface area contributed by atoms with Crippen LogP contribution in [0.5, 0.6) is 17.2 Å². The Morgan fingerprint density at radius 1 is 1.05 bits per heavy atom. The van der Waals surface area contributed by atoms with E-state index in [1.165, 1.54) is 24.5 Å². The summed E-state index contributed by atoms with van der Waals surface area (Å²) in [6.45, 7) is 5.63. The molecule has 0 unspecified atom stereocenters. The minimum absolute atomic E-state index is 0.0655. The number of ether oxygens (including phenoxy) is 4. The first kappa shape index (κ1) is 27.6. The van der Waals surface area contributed by atoms with Gasteiger partial charge in [0.05, 0.1) is 20.3 Å². The van der Waals surface area contributed by atoms with Gasteiger partial charge in [0.25, 0.3) is 5.91 Å². The summed E-state index contributed by atoms with van der Waals surface area (Å²) >= 11 is 1.30. The molecule has 2 aromatic carbocycles. The second-order valence-corrected chi connectivity index (χ2v) is 8.92. The van der Waals surface area contributed by atoms with Gasteiger partial charge in [-0.25, -0.2) is 0 Å². The Morgan fingerprint density at radius 3 is 2.51 bits per heavy atom. The number of anilines is 1. The molecule has 9 nitrogen and oxygen atoms in total. The molecule has 3 rings (SSSR count). The zero-order chi connectivity index (χ0) is 26.5. The monoisotopic (exact) mass is 522 g/mol. The average Bonchev–Trinajstić information content (AvgIpc) is 3.34. The lowest BCUT2D eigenvalue weighted by Crippen LogP contribution is -2.13. The molecule has 3 aromatic rings. The van der Waals surface area contributed by atoms with Crippen molar-refractivity contribution >= 4 is 28.5 Å². The van der Waals surface area contributed by atoms with Crippen LogP contribution in [0.4, 0.5) is 5.13 Å². The number of nitrogens with zero attached hydrogens (tertiary/aromatic N) is 3. The topological polar surface area (TPSA) is 116 Å². The normalized spacial score (nSPS) is 11.0. The van der Waals surface area contributed by atoms with Crippen LogP contribution in [0.25, 0.3) is 6.08 Å². The fourth-order valence-electron chi connectivity index (χ4n) is 3.23. The zero-order valence-corrected chi connectivity index (χ0v) is 22.0. The Hall–Kier alpha value is -3.94. The predicted octanol–water partition coefficient (Wildman–Crippen LogP) is 4.83. The van der Waals surface area contributed by atoms with E-state index in [1.807, 2.05) is 44.2 Å². The second-order valence-electron chi connectivity index (χ2n) is 7.86. The molecule has 1 amide bonds. The van der Waals surface area contributed by atoms with E-state index in [2.05, 4.69) is 15.5 Å². The fourth-order valence-corrected chi connectivity index (χ4v) is 4.07. The zero-order valence-electron chi connectivity index (χ0n) is 21.2. The van der Waals surface area contributed by atoms with Crippen molar-refractivity contribution in [3.8, 4) is 23.3 Å². The van der Waals surface area contributed by atoms with Crippen LogP contribution in [0, 0.1) is 18.3 Å². The van der Waals surface area contributed by atoms with Crippen molar-refractivity contribution in [3.05, 3.63) is 64.2 Å². The molecule has 0 bridgehead atoms. The summed E-state index contributed by atoms with van der Waals surface area (Å²) in [4.78, 5) is 12.5. The Labute approximate surface area is 220 Å². The lowest BCUT2D eigenvalue weighted by molar-refractivity contribution is -0.112. The van der Waals surface area contributed by atoms with Gasteiger partial charge in [-0.3, -0.25) is 10.1 Å². The number of nitrogens with one attached hydrogen (secondary N) is 1. The third-order valence-corrected chi connectivity index (χ3v) is 5.98. The number of aryl methyl sites for hydroxylation is 2. The number of nitriles is 1. The van der Waals surface area contributed by atoms with Gasteiger partial charge in [-0.05, 0) is 48.7 Å². The Kier molecular flexibility index (Phi) is 10.9. The van der Waals surface area contributed by atoms with Gasteiger partial charge in [-0.1, -0.05) is 42.5 Å². The van der Waals surface area contributed by atoms with E-state index >= 15 is 0 Å². The molecule has 37 heavy (non-hydrogen) atoms. The molecule has 0 aliphatic rings. The molecule has 0 spiro atoms. The smallest absolute Gasteiger partial charge is 0.268 e. The maximum atomic E-state index is 12.5. The van der Waals surface area contributed by atoms with E-state index < -0.39 is 5.91 Å². The summed E-state index contributed by atoms with van der Waals surface area (Å²) in [5, 5.41) is 21.3. The Balaban J connectivity index is 1.49. The van der Waals surface area contributed by atoms with E-state index in [4.69, 9.17) is 18.9 Å². The van der Waals surface area contributed by atoms with Crippen LogP contribution >= 0.6 is 11.3 Å². The van der Waals surface area contributed by atoms with Crippen molar-refractivity contribution in [2.24, 2.45) is 0 Å². The summed E-state index contributed by atoms with van der Waals surface area (Å²) in [6.07, 6.45) is 3.20. The summed E-state index contributed by atoms with van der Waals surface area (Å²) in [6, 6.07) is 14.9. The molecule has 0 atom stereocenters. The highest BCUT2D eigenvalue weighted by Gasteiger charge is 2.14. The van der Waals surface area contributed by atoms with E-state index in [0.717, 1.165) is 29.2 Å². The molecule has 1 heterocycles. The van der Waals surface area contributed by atoms with Crippen molar-refractivity contribution in [3.63, 3.8) is 0 Å². The SMILES string of the molecule is CCCc1nnc(NC(=O)C(C#N)=Cc2ccc(OCCOCCOc3ccccc3C)c(OC)c2)s1. The van der Waals surface area contributed by atoms with E-state index in [0.29, 0.717) is 48.6 Å². The summed E-state index contributed by atoms with van der Waals surface area (Å²) in [5.41, 5.74) is 1.63. The molecule has 0 saturated carbocycles. The number of amides is 1. The van der Waals surface area contributed by atoms with Gasteiger partial charge in [0.2, 0.25) is 5.13 Å². The van der Waals surface area contributed by atoms with Gasteiger partial charge in [-0.15, -0.1) is 10.2 Å². The lowest BCUT2D eigenvalue weighted by Gasteiger charge is -2.12. The molecule has 0 saturated heterocycles. The van der Waals surface area contributed by atoms with Crippen LogP contribution in [0.1, 0.15) is 29.5 Å². The highest BCUT2D eigenvalue weighted by Crippen LogP contribution is 2.29. The molecular weight excluding hydrogens is 492 g/mol. The molecule has 0 fully saturated rings. The quantitative estimate of drug-likeness (QED) is 0.182. The molecule has 194 valence electrons. The number of para-hydroxylation sites is 1. The number of hydrogen-bond donors (Lipinski definition) is 1. The third-order valence-electron chi connectivity index (χ3n) is 5.08. The first-order valence-corrected chi connectivity index (χ1v) is 12.7. The van der Waals surface area contributed by atoms with Gasteiger partial charge >= 0.3 is 0 Å². The minimum Gasteiger partial charge on any atom is -0.493 e. The van der Waals surface area contributed by atoms with E-state index in [1.54, 1.807) is 18.2 Å². The number of methoxy groups -OCH3 is 1. The highest BCUT2D eigenvalue weighted by atomic mass is 32.1. The first-order valence-electron chi connectivity index (χ1n) is 11.9. The van der Waals surface area contributed by atoms with E-state index in [9.17, 15) is 10.1 Å². The summed E-state index contributed by atoms with van der Waals surface area (Å²) < 4.78 is 22.5. The minimum atomic E-state index is -0.551. The van der Waals surface area contributed by atoms with Gasteiger partial charge < -0.3 is 18.9 Å². The van der Waals surface area contributed by atoms with Gasteiger partial charge in [0, 0.05) is 6.42 Å². The largest absolute Gasteiger partial charge is 0.493 e. The molecule has 10 heteroatoms. The van der Waals surface area contributed by atoms with Crippen molar-refractivity contribution in [2.45, 2.75) is 26.7 Å². The number of carbonyl (C=O) groups excluding carboxylic acids is 1. The first-order chi connectivity index (χ1) is 18.0. The summed E-state index contributed by atoms with van der Waals surface area (Å²) in [5.74, 6) is 1.30. The number of carbonyl (C=O) groups is 1. The van der Waals surface area contributed by atoms with Crippen molar-refractivity contribution in [1.82, 2.24) is 10.2 Å². The van der Waals surface area contributed by atoms with Gasteiger partial charge in [0.15, 0.2) is 11.5 Å². The highest BCUT2D eigenvalue weighted by molar-refractivity contribution is 7.15. The van der Waals surface area contributed by atoms with Crippen LogP contribution in [0.2, 0.25) is 0 Å². The molecule has 0 aliphatic heterocycles. The molecule has 1 N–H and O–H groups in total. The second kappa shape index (κ2) is 14.6. The summed E-state index contributed by atoms with van der Waals surface area (Å²) in [7, 11) is 1.52. The standard InChI is InChI=1S/C27H30N4O5S/c1-4-7-25-30-31-27(37-25)29-26(32)21(18-28)16-20-10-11-23(24(17-20)33-3)36-15-13-34-12-14-35-22-9-6-5-8-19(22)2/h5-6,8-11,16-17H,4,7,12-15H2,1-3H3,(H,29,31,32). The van der Waals surface area contributed by atoms with Gasteiger partial charge in [0.1, 0.15) is 35.6 Å². The van der Waals surface area contributed by atoms with E-state index in [-0.39, 0.29) is 5.57 Å². The maximum absolute atomic E-state index is 12.5. The third kappa shape index (κ3) is 8.59. The maximum Gasteiger partial charge on any atom is 0.268 e. The molecule has 0 aliphatic carbocycles. The van der Waals surface area contributed by atoms with Crippen LogP contribution in [0.3, 0.4) is 0 Å². The lowest BCUT2D eigenvalue weighted by atomic mass is 10.1. The van der Waals surface area contributed by atoms with Crippen LogP contribution in [-0.4, -0.2) is 49.6 Å². The Bertz CT molecular complexity index is 1250. The molecule has 0 radical (unpaired) electrons. The van der Waals surface area contributed by atoms with Crippen molar-refractivity contribution < 1.29 is 23.7 Å². The number of hydrogen-bond acceptors (Lipinski definition) is 9. The van der Waals surface area contributed by atoms with Crippen LogP contribution < -0.4 is 19.5 Å². The predicted molar refractivity (Wildman–Crippen MR) is 142 cm³/mol.